The first-order chi connectivity index (χ1) is 8.96. The Morgan fingerprint density at radius 1 is 1.37 bits per heavy atom. The van der Waals surface area contributed by atoms with Crippen molar-refractivity contribution in [1.82, 2.24) is 5.32 Å². The van der Waals surface area contributed by atoms with Gasteiger partial charge >= 0.3 is 0 Å². The van der Waals surface area contributed by atoms with Crippen LogP contribution in [0.25, 0.3) is 0 Å². The van der Waals surface area contributed by atoms with Crippen molar-refractivity contribution in [3.05, 3.63) is 39.9 Å². The molecule has 6 heteroatoms. The number of carbonyl (C=O) groups excluding carboxylic acids is 1. The van der Waals surface area contributed by atoms with Gasteiger partial charge in [0, 0.05) is 12.1 Å². The van der Waals surface area contributed by atoms with Gasteiger partial charge in [-0.1, -0.05) is 32.4 Å². The number of hydrogen-bond donors (Lipinski definition) is 2. The van der Waals surface area contributed by atoms with Crippen LogP contribution in [0.1, 0.15) is 38.8 Å². The molecule has 0 radical (unpaired) electrons. The van der Waals surface area contributed by atoms with Gasteiger partial charge in [-0.15, -0.1) is 0 Å². The van der Waals surface area contributed by atoms with Crippen LogP contribution in [-0.4, -0.2) is 17.4 Å². The lowest BCUT2D eigenvalue weighted by Gasteiger charge is -2.13. The van der Waals surface area contributed by atoms with E-state index in [9.17, 15) is 14.9 Å². The molecule has 1 aromatic rings. The van der Waals surface area contributed by atoms with Crippen LogP contribution in [0.2, 0.25) is 0 Å². The number of nitrogens with one attached hydrogen (secondary N) is 1. The monoisotopic (exact) mass is 267 g/mol. The summed E-state index contributed by atoms with van der Waals surface area (Å²) in [5, 5.41) is 13.1. The number of amides is 1. The fraction of sp³-hybridized carbons (Fsp3) is 0.462. The van der Waals surface area contributed by atoms with Crippen LogP contribution in [-0.2, 0) is 4.79 Å². The third kappa shape index (κ3) is 6.52. The molecule has 0 saturated carbocycles. The normalized spacial score (nSPS) is 10.9. The van der Waals surface area contributed by atoms with E-state index in [1.807, 2.05) is 0 Å². The maximum atomic E-state index is 11.0. The second-order valence-electron chi connectivity index (χ2n) is 4.05. The Morgan fingerprint density at radius 2 is 1.84 bits per heavy atom. The van der Waals surface area contributed by atoms with Crippen LogP contribution in [0, 0.1) is 10.1 Å². The van der Waals surface area contributed by atoms with Gasteiger partial charge in [0.1, 0.15) is 0 Å². The van der Waals surface area contributed by atoms with E-state index in [-0.39, 0.29) is 24.2 Å². The average molecular weight is 267 g/mol. The highest BCUT2D eigenvalue weighted by molar-refractivity contribution is 5.78. The van der Waals surface area contributed by atoms with Crippen molar-refractivity contribution >= 4 is 11.6 Å². The van der Waals surface area contributed by atoms with E-state index >= 15 is 0 Å². The number of nitro benzene ring substituents is 1. The highest BCUT2D eigenvalue weighted by Gasteiger charge is 2.10. The Balaban J connectivity index is 0.000000982. The first-order valence-corrected chi connectivity index (χ1v) is 6.19. The van der Waals surface area contributed by atoms with Gasteiger partial charge in [-0.25, -0.2) is 0 Å². The Labute approximate surface area is 113 Å². The van der Waals surface area contributed by atoms with Gasteiger partial charge in [-0.3, -0.25) is 14.9 Å². The van der Waals surface area contributed by atoms with Gasteiger partial charge in [-0.2, -0.15) is 0 Å². The van der Waals surface area contributed by atoms with Gasteiger partial charge in [0.05, 0.1) is 17.5 Å². The molecule has 0 aliphatic heterocycles. The molecule has 19 heavy (non-hydrogen) atoms. The fourth-order valence-corrected chi connectivity index (χ4v) is 1.27. The molecule has 3 N–H and O–H groups in total. The minimum atomic E-state index is -0.465. The van der Waals surface area contributed by atoms with Crippen LogP contribution >= 0.6 is 0 Å². The number of nitrogens with zero attached hydrogens (tertiary/aromatic N) is 1. The highest BCUT2D eigenvalue weighted by atomic mass is 16.6. The fourth-order valence-electron chi connectivity index (χ4n) is 1.27. The van der Waals surface area contributed by atoms with Crippen LogP contribution in [0.3, 0.4) is 0 Å². The van der Waals surface area contributed by atoms with Gasteiger partial charge in [-0.05, 0) is 12.5 Å². The summed E-state index contributed by atoms with van der Waals surface area (Å²) in [5.41, 5.74) is 5.99. The largest absolute Gasteiger partial charge is 0.348 e. The molecule has 1 unspecified atom stereocenters. The Hall–Kier alpha value is -1.95. The number of hydrogen-bond acceptors (Lipinski definition) is 4. The van der Waals surface area contributed by atoms with E-state index < -0.39 is 4.92 Å². The number of carbonyl (C=O) groups is 1. The average Bonchev–Trinajstić information content (AvgIpc) is 2.39. The van der Waals surface area contributed by atoms with E-state index in [0.29, 0.717) is 0 Å². The maximum Gasteiger partial charge on any atom is 0.269 e. The summed E-state index contributed by atoms with van der Waals surface area (Å²) in [5.74, 6) is -0.258. The van der Waals surface area contributed by atoms with Crippen molar-refractivity contribution in [2.75, 3.05) is 6.54 Å². The molecule has 6 nitrogen and oxygen atoms in total. The standard InChI is InChI=1S/C10H13N3O3.C3H8/c1-7(12-10(14)6-11)8-2-4-9(5-3-8)13(15)16;1-3-2/h2-5,7H,6,11H2,1H3,(H,12,14);3H2,1-2H3. The molecular formula is C13H21N3O3. The van der Waals surface area contributed by atoms with E-state index in [4.69, 9.17) is 5.73 Å². The van der Waals surface area contributed by atoms with Gasteiger partial charge in [0.25, 0.3) is 5.69 Å². The molecule has 0 aliphatic rings. The zero-order valence-electron chi connectivity index (χ0n) is 11.6. The molecule has 0 fully saturated rings. The predicted octanol–water partition coefficient (Wildman–Crippen LogP) is 2.15. The zero-order chi connectivity index (χ0) is 14.8. The molecule has 0 spiro atoms. The first kappa shape index (κ1) is 17.1. The summed E-state index contributed by atoms with van der Waals surface area (Å²) in [6.07, 6.45) is 1.25. The summed E-state index contributed by atoms with van der Waals surface area (Å²) in [6, 6.07) is 5.82. The highest BCUT2D eigenvalue weighted by Crippen LogP contribution is 2.17. The Bertz CT molecular complexity index is 404. The number of nitro groups is 1. The lowest BCUT2D eigenvalue weighted by molar-refractivity contribution is -0.384. The summed E-state index contributed by atoms with van der Waals surface area (Å²) in [7, 11) is 0. The predicted molar refractivity (Wildman–Crippen MR) is 74.7 cm³/mol. The second kappa shape index (κ2) is 9.04. The van der Waals surface area contributed by atoms with Crippen molar-refractivity contribution in [2.45, 2.75) is 33.2 Å². The quantitative estimate of drug-likeness (QED) is 0.645. The van der Waals surface area contributed by atoms with E-state index in [1.54, 1.807) is 19.1 Å². The van der Waals surface area contributed by atoms with Crippen LogP contribution in [0.15, 0.2) is 24.3 Å². The summed E-state index contributed by atoms with van der Waals surface area (Å²) >= 11 is 0. The van der Waals surface area contributed by atoms with Crippen LogP contribution in [0.4, 0.5) is 5.69 Å². The molecule has 0 heterocycles. The molecule has 1 rings (SSSR count). The van der Waals surface area contributed by atoms with Gasteiger partial charge < -0.3 is 11.1 Å². The third-order valence-electron chi connectivity index (χ3n) is 2.17. The summed E-state index contributed by atoms with van der Waals surface area (Å²) in [6.45, 7) is 5.96. The van der Waals surface area contributed by atoms with Gasteiger partial charge in [0.2, 0.25) is 5.91 Å². The molecule has 0 aromatic heterocycles. The van der Waals surface area contributed by atoms with Crippen molar-refractivity contribution in [3.8, 4) is 0 Å². The van der Waals surface area contributed by atoms with E-state index in [0.717, 1.165) is 5.56 Å². The van der Waals surface area contributed by atoms with Crippen molar-refractivity contribution < 1.29 is 9.72 Å². The number of non-ortho nitro benzene ring substituents is 1. The molecular weight excluding hydrogens is 246 g/mol. The molecule has 0 saturated heterocycles. The minimum Gasteiger partial charge on any atom is -0.348 e. The van der Waals surface area contributed by atoms with Crippen LogP contribution in [0.5, 0.6) is 0 Å². The van der Waals surface area contributed by atoms with Crippen LogP contribution < -0.4 is 11.1 Å². The minimum absolute atomic E-state index is 0.0288. The lowest BCUT2D eigenvalue weighted by atomic mass is 10.1. The third-order valence-corrected chi connectivity index (χ3v) is 2.17. The smallest absolute Gasteiger partial charge is 0.269 e. The number of benzene rings is 1. The first-order valence-electron chi connectivity index (χ1n) is 6.19. The number of nitrogens with two attached hydrogens (primary N) is 1. The topological polar surface area (TPSA) is 98.3 Å². The molecule has 0 bridgehead atoms. The molecule has 0 aliphatic carbocycles. The van der Waals surface area contributed by atoms with E-state index in [1.165, 1.54) is 18.6 Å². The summed E-state index contributed by atoms with van der Waals surface area (Å²) in [4.78, 5) is 21.0. The van der Waals surface area contributed by atoms with Crippen molar-refractivity contribution in [3.63, 3.8) is 0 Å². The lowest BCUT2D eigenvalue weighted by Crippen LogP contribution is -2.32. The molecule has 106 valence electrons. The molecule has 1 aromatic carbocycles. The Morgan fingerprint density at radius 3 is 2.21 bits per heavy atom. The van der Waals surface area contributed by atoms with Gasteiger partial charge in [0.15, 0.2) is 0 Å². The van der Waals surface area contributed by atoms with Crippen molar-refractivity contribution in [2.24, 2.45) is 5.73 Å². The number of rotatable bonds is 4. The maximum absolute atomic E-state index is 11.0. The SMILES string of the molecule is CC(NC(=O)CN)c1ccc([N+](=O)[O-])cc1.CCC. The Kier molecular flexibility index (Phi) is 8.12. The van der Waals surface area contributed by atoms with Crippen molar-refractivity contribution in [1.29, 1.82) is 0 Å². The second-order valence-corrected chi connectivity index (χ2v) is 4.05. The molecule has 1 amide bonds. The van der Waals surface area contributed by atoms with E-state index in [2.05, 4.69) is 19.2 Å². The molecule has 1 atom stereocenters. The summed E-state index contributed by atoms with van der Waals surface area (Å²) < 4.78 is 0. The zero-order valence-corrected chi connectivity index (χ0v) is 11.6.